The molecule has 0 saturated heterocycles. The first-order chi connectivity index (χ1) is 11.8. The van der Waals surface area contributed by atoms with E-state index in [0.717, 1.165) is 0 Å². The van der Waals surface area contributed by atoms with E-state index in [2.05, 4.69) is 26.0 Å². The number of nitrogens with zero attached hydrogens (tertiary/aromatic N) is 2. The minimum absolute atomic E-state index is 0.0264. The van der Waals surface area contributed by atoms with Gasteiger partial charge in [-0.3, -0.25) is 5.21 Å². The third-order valence-electron chi connectivity index (χ3n) is 3.10. The highest BCUT2D eigenvalue weighted by Crippen LogP contribution is 2.27. The molecule has 0 saturated carbocycles. The number of benzene rings is 1. The first-order valence-electron chi connectivity index (χ1n) is 7.27. The number of anilines is 1. The van der Waals surface area contributed by atoms with Crippen molar-refractivity contribution >= 4 is 31.6 Å². The highest BCUT2D eigenvalue weighted by atomic mass is 79.9. The third kappa shape index (κ3) is 5.80. The Kier molecular flexibility index (Phi) is 6.98. The largest absolute Gasteiger partial charge is 0.395 e. The summed E-state index contributed by atoms with van der Waals surface area (Å²) < 4.78 is 38.8. The van der Waals surface area contributed by atoms with Gasteiger partial charge in [-0.05, 0) is 40.5 Å². The predicted molar refractivity (Wildman–Crippen MR) is 90.9 cm³/mol. The van der Waals surface area contributed by atoms with E-state index in [1.165, 1.54) is 29.5 Å². The molecule has 1 heterocycles. The zero-order chi connectivity index (χ0) is 18.4. The maximum absolute atomic E-state index is 13.3. The molecule has 0 spiro atoms. The Morgan fingerprint density at radius 3 is 2.76 bits per heavy atom. The van der Waals surface area contributed by atoms with Crippen molar-refractivity contribution in [2.24, 2.45) is 0 Å². The van der Waals surface area contributed by atoms with E-state index in [0.29, 0.717) is 10.9 Å². The molecule has 25 heavy (non-hydrogen) atoms. The van der Waals surface area contributed by atoms with E-state index in [1.54, 1.807) is 0 Å². The summed E-state index contributed by atoms with van der Waals surface area (Å²) in [6, 6.07) is 4.18. The van der Waals surface area contributed by atoms with Gasteiger partial charge in [-0.2, -0.15) is 5.06 Å². The Balaban J connectivity index is 1.86. The standard InChI is InChI=1S/C13H18BrFN4O5S/c14-11-8-10(2-3-12(11)15)18-9-13(19(21)24-18)16-4-1-7-25(22,23)17-5-6-20/h2-3,8-9,16-17,20-21H,1,4-7H2. The Bertz CT molecular complexity index is 733. The van der Waals surface area contributed by atoms with Crippen LogP contribution < -0.4 is 15.1 Å². The van der Waals surface area contributed by atoms with Crippen LogP contribution in [0, 0.1) is 5.82 Å². The Morgan fingerprint density at radius 2 is 2.08 bits per heavy atom. The van der Waals surface area contributed by atoms with Crippen LogP contribution in [0.5, 0.6) is 0 Å². The van der Waals surface area contributed by atoms with E-state index in [1.807, 2.05) is 0 Å². The van der Waals surface area contributed by atoms with Crippen molar-refractivity contribution in [2.75, 3.05) is 30.5 Å². The lowest BCUT2D eigenvalue weighted by Crippen LogP contribution is -2.31. The third-order valence-corrected chi connectivity index (χ3v) is 5.18. The maximum atomic E-state index is 13.3. The molecule has 4 N–H and O–H groups in total. The summed E-state index contributed by atoms with van der Waals surface area (Å²) in [6.45, 7) is -0.0366. The van der Waals surface area contributed by atoms with Crippen LogP contribution in [-0.4, -0.2) is 49.4 Å². The van der Waals surface area contributed by atoms with E-state index in [-0.39, 0.29) is 42.2 Å². The number of sulfonamides is 1. The number of hydroxylamine groups is 3. The Hall–Kier alpha value is -1.44. The second kappa shape index (κ2) is 8.78. The zero-order valence-corrected chi connectivity index (χ0v) is 15.4. The topological polar surface area (TPSA) is 114 Å². The van der Waals surface area contributed by atoms with Crippen LogP contribution in [0.25, 0.3) is 0 Å². The lowest BCUT2D eigenvalue weighted by molar-refractivity contribution is -0.306. The summed E-state index contributed by atoms with van der Waals surface area (Å²) >= 11 is 3.06. The minimum atomic E-state index is -3.44. The molecule has 2 rings (SSSR count). The fraction of sp³-hybridized carbons (Fsp3) is 0.385. The number of aliphatic hydroxyl groups excluding tert-OH is 1. The molecule has 0 atom stereocenters. The molecule has 0 aromatic heterocycles. The molecular formula is C13H18BrFN4O5S. The molecule has 9 nitrogen and oxygen atoms in total. The molecule has 0 radical (unpaired) electrons. The number of aliphatic hydroxyl groups is 1. The normalized spacial score (nSPS) is 14.8. The molecule has 0 amide bonds. The smallest absolute Gasteiger partial charge is 0.211 e. The first-order valence-corrected chi connectivity index (χ1v) is 9.72. The van der Waals surface area contributed by atoms with Crippen molar-refractivity contribution in [2.45, 2.75) is 6.42 Å². The SMILES string of the molecule is O=S(=O)(CCCNC1=CN(c2ccc(F)c(Br)c2)ON1O)NCCO. The quantitative estimate of drug-likeness (QED) is 0.413. The van der Waals surface area contributed by atoms with Gasteiger partial charge in [0.15, 0.2) is 5.82 Å². The number of rotatable bonds is 9. The molecule has 140 valence electrons. The van der Waals surface area contributed by atoms with Crippen LogP contribution in [0.1, 0.15) is 6.42 Å². The lowest BCUT2D eigenvalue weighted by Gasteiger charge is -2.16. The van der Waals surface area contributed by atoms with Crippen molar-refractivity contribution in [1.29, 1.82) is 0 Å². The average molecular weight is 441 g/mol. The minimum Gasteiger partial charge on any atom is -0.395 e. The van der Waals surface area contributed by atoms with E-state index >= 15 is 0 Å². The number of halogens is 2. The summed E-state index contributed by atoms with van der Waals surface area (Å²) in [5.41, 5.74) is 0.472. The molecule has 1 aromatic rings. The van der Waals surface area contributed by atoms with Gasteiger partial charge in [0.1, 0.15) is 5.82 Å². The zero-order valence-electron chi connectivity index (χ0n) is 13.0. The van der Waals surface area contributed by atoms with Crippen LogP contribution in [0.3, 0.4) is 0 Å². The van der Waals surface area contributed by atoms with Gasteiger partial charge >= 0.3 is 0 Å². The van der Waals surface area contributed by atoms with Crippen molar-refractivity contribution in [1.82, 2.24) is 15.3 Å². The van der Waals surface area contributed by atoms with E-state index in [9.17, 15) is 18.0 Å². The van der Waals surface area contributed by atoms with E-state index < -0.39 is 15.8 Å². The highest BCUT2D eigenvalue weighted by Gasteiger charge is 2.23. The van der Waals surface area contributed by atoms with Gasteiger partial charge in [0.05, 0.1) is 28.7 Å². The summed E-state index contributed by atoms with van der Waals surface area (Å²) in [5, 5.41) is 22.8. The van der Waals surface area contributed by atoms with Gasteiger partial charge in [0, 0.05) is 13.1 Å². The van der Waals surface area contributed by atoms with Crippen molar-refractivity contribution in [3.05, 3.63) is 40.5 Å². The van der Waals surface area contributed by atoms with Crippen molar-refractivity contribution in [3.63, 3.8) is 0 Å². The molecule has 0 bridgehead atoms. The summed E-state index contributed by atoms with van der Waals surface area (Å²) in [4.78, 5) is 5.07. The van der Waals surface area contributed by atoms with Gasteiger partial charge in [0.25, 0.3) is 0 Å². The first kappa shape index (κ1) is 19.9. The average Bonchev–Trinajstić information content (AvgIpc) is 2.93. The van der Waals surface area contributed by atoms with Crippen LogP contribution in [0.15, 0.2) is 34.7 Å². The fourth-order valence-corrected chi connectivity index (χ4v) is 3.36. The molecule has 0 aliphatic carbocycles. The maximum Gasteiger partial charge on any atom is 0.211 e. The van der Waals surface area contributed by atoms with Gasteiger partial charge in [-0.25, -0.2) is 17.5 Å². The Morgan fingerprint density at radius 1 is 1.32 bits per heavy atom. The molecule has 12 heteroatoms. The number of nitrogens with one attached hydrogen (secondary N) is 2. The molecule has 0 unspecified atom stereocenters. The molecule has 1 aromatic carbocycles. The van der Waals surface area contributed by atoms with Crippen LogP contribution in [0.4, 0.5) is 10.1 Å². The molecule has 0 fully saturated rings. The van der Waals surface area contributed by atoms with Gasteiger partial charge < -0.3 is 10.4 Å². The summed E-state index contributed by atoms with van der Waals surface area (Å²) in [5.74, 6) is -0.364. The van der Waals surface area contributed by atoms with Gasteiger partial charge in [-0.1, -0.05) is 5.23 Å². The predicted octanol–water partition coefficient (Wildman–Crippen LogP) is 0.636. The van der Waals surface area contributed by atoms with Crippen LogP contribution >= 0.6 is 15.9 Å². The van der Waals surface area contributed by atoms with Crippen molar-refractivity contribution in [3.8, 4) is 0 Å². The second-order valence-electron chi connectivity index (χ2n) is 5.01. The second-order valence-corrected chi connectivity index (χ2v) is 7.79. The van der Waals surface area contributed by atoms with Gasteiger partial charge in [-0.15, -0.1) is 4.94 Å². The van der Waals surface area contributed by atoms with Crippen LogP contribution in [-0.2, 0) is 15.0 Å². The van der Waals surface area contributed by atoms with E-state index in [4.69, 9.17) is 10.0 Å². The van der Waals surface area contributed by atoms with Crippen LogP contribution in [0.2, 0.25) is 0 Å². The highest BCUT2D eigenvalue weighted by molar-refractivity contribution is 9.10. The van der Waals surface area contributed by atoms with Crippen molar-refractivity contribution < 1.29 is 28.1 Å². The number of hydrogen-bond acceptors (Lipinski definition) is 8. The summed E-state index contributed by atoms with van der Waals surface area (Å²) in [6.07, 6.45) is 1.70. The fourth-order valence-electron chi connectivity index (χ4n) is 1.92. The lowest BCUT2D eigenvalue weighted by atomic mass is 10.3. The summed E-state index contributed by atoms with van der Waals surface area (Å²) in [7, 11) is -3.44. The molecule has 1 aliphatic heterocycles. The van der Waals surface area contributed by atoms with Gasteiger partial charge in [0.2, 0.25) is 10.0 Å². The molecule has 1 aliphatic rings. The monoisotopic (exact) mass is 440 g/mol. The molecular weight excluding hydrogens is 423 g/mol. The number of hydrogen-bond donors (Lipinski definition) is 4. The Labute approximate surface area is 152 Å².